The minimum Gasteiger partial charge on any atom is -0.496 e. The zero-order chi connectivity index (χ0) is 14.5. The average Bonchev–Trinajstić information content (AvgIpc) is 2.46. The Hall–Kier alpha value is -1.71. The first-order valence-corrected chi connectivity index (χ1v) is 6.59. The highest BCUT2D eigenvalue weighted by atomic mass is 35.5. The van der Waals surface area contributed by atoms with Gasteiger partial charge in [-0.3, -0.25) is 4.79 Å². The molecular formula is C15H12Cl2O3. The highest BCUT2D eigenvalue weighted by Crippen LogP contribution is 2.26. The Bertz CT molecular complexity index is 627. The SMILES string of the molecule is COc1ccc(Cl)cc1COc1ccc(Cl)cc1C=O. The first-order chi connectivity index (χ1) is 9.63. The van der Waals surface area contributed by atoms with E-state index in [9.17, 15) is 4.79 Å². The second kappa shape index (κ2) is 6.64. The van der Waals surface area contributed by atoms with Crippen molar-refractivity contribution in [3.05, 3.63) is 57.6 Å². The summed E-state index contributed by atoms with van der Waals surface area (Å²) >= 11 is 11.8. The summed E-state index contributed by atoms with van der Waals surface area (Å²) in [5.41, 5.74) is 1.20. The van der Waals surface area contributed by atoms with E-state index in [-0.39, 0.29) is 6.61 Å². The maximum absolute atomic E-state index is 11.0. The molecule has 0 aliphatic carbocycles. The van der Waals surface area contributed by atoms with Gasteiger partial charge in [-0.1, -0.05) is 23.2 Å². The van der Waals surface area contributed by atoms with E-state index in [1.807, 2.05) is 0 Å². The number of benzene rings is 2. The molecule has 0 N–H and O–H groups in total. The van der Waals surface area contributed by atoms with Crippen LogP contribution in [0.5, 0.6) is 11.5 Å². The molecule has 0 heterocycles. The van der Waals surface area contributed by atoms with Crippen LogP contribution in [0, 0.1) is 0 Å². The van der Waals surface area contributed by atoms with Crippen molar-refractivity contribution < 1.29 is 14.3 Å². The van der Waals surface area contributed by atoms with Crippen molar-refractivity contribution >= 4 is 29.5 Å². The summed E-state index contributed by atoms with van der Waals surface area (Å²) in [6.45, 7) is 0.242. The Kier molecular flexibility index (Phi) is 4.88. The lowest BCUT2D eigenvalue weighted by atomic mass is 10.2. The number of ether oxygens (including phenoxy) is 2. The van der Waals surface area contributed by atoms with Gasteiger partial charge in [-0.25, -0.2) is 0 Å². The molecule has 0 spiro atoms. The number of carbonyl (C=O) groups is 1. The maximum atomic E-state index is 11.0. The van der Waals surface area contributed by atoms with E-state index >= 15 is 0 Å². The molecule has 5 heteroatoms. The van der Waals surface area contributed by atoms with Gasteiger partial charge in [-0.2, -0.15) is 0 Å². The van der Waals surface area contributed by atoms with Gasteiger partial charge >= 0.3 is 0 Å². The molecular weight excluding hydrogens is 299 g/mol. The van der Waals surface area contributed by atoms with E-state index in [1.165, 1.54) is 0 Å². The molecule has 0 aromatic heterocycles. The van der Waals surface area contributed by atoms with E-state index in [0.29, 0.717) is 33.4 Å². The molecule has 0 aliphatic heterocycles. The summed E-state index contributed by atoms with van der Waals surface area (Å²) in [4.78, 5) is 11.0. The fourth-order valence-corrected chi connectivity index (χ4v) is 2.13. The van der Waals surface area contributed by atoms with Gasteiger partial charge in [0.2, 0.25) is 0 Å². The highest BCUT2D eigenvalue weighted by molar-refractivity contribution is 6.31. The number of hydrogen-bond acceptors (Lipinski definition) is 3. The molecule has 0 radical (unpaired) electrons. The standard InChI is InChI=1S/C15H12Cl2O3/c1-19-14-4-2-13(17)7-11(14)9-20-15-5-3-12(16)6-10(15)8-18/h2-8H,9H2,1H3. The molecule has 0 aliphatic rings. The minimum atomic E-state index is 0.242. The molecule has 0 saturated heterocycles. The predicted octanol–water partition coefficient (Wildman–Crippen LogP) is 4.39. The number of hydrogen-bond donors (Lipinski definition) is 0. The average molecular weight is 311 g/mol. The van der Waals surface area contributed by atoms with Crippen molar-refractivity contribution in [2.45, 2.75) is 6.61 Å². The van der Waals surface area contributed by atoms with Crippen LogP contribution >= 0.6 is 23.2 Å². The molecule has 104 valence electrons. The topological polar surface area (TPSA) is 35.5 Å². The van der Waals surface area contributed by atoms with Crippen molar-refractivity contribution in [3.63, 3.8) is 0 Å². The van der Waals surface area contributed by atoms with E-state index in [0.717, 1.165) is 5.56 Å². The highest BCUT2D eigenvalue weighted by Gasteiger charge is 2.08. The first-order valence-electron chi connectivity index (χ1n) is 5.84. The lowest BCUT2D eigenvalue weighted by Crippen LogP contribution is -2.00. The fourth-order valence-electron chi connectivity index (χ4n) is 1.76. The Balaban J connectivity index is 2.20. The lowest BCUT2D eigenvalue weighted by Gasteiger charge is -2.12. The normalized spacial score (nSPS) is 10.2. The maximum Gasteiger partial charge on any atom is 0.153 e. The van der Waals surface area contributed by atoms with Gasteiger partial charge in [0.05, 0.1) is 12.7 Å². The molecule has 0 unspecified atom stereocenters. The van der Waals surface area contributed by atoms with Gasteiger partial charge in [0.25, 0.3) is 0 Å². The molecule has 0 saturated carbocycles. The van der Waals surface area contributed by atoms with E-state index in [4.69, 9.17) is 32.7 Å². The summed E-state index contributed by atoms with van der Waals surface area (Å²) in [5, 5.41) is 1.08. The zero-order valence-electron chi connectivity index (χ0n) is 10.7. The van der Waals surface area contributed by atoms with Crippen LogP contribution in [0.25, 0.3) is 0 Å². The summed E-state index contributed by atoms with van der Waals surface area (Å²) in [5.74, 6) is 1.14. The molecule has 3 nitrogen and oxygen atoms in total. The number of methoxy groups -OCH3 is 1. The van der Waals surface area contributed by atoms with Crippen LogP contribution < -0.4 is 9.47 Å². The third-order valence-electron chi connectivity index (χ3n) is 2.72. The van der Waals surface area contributed by atoms with Gasteiger partial charge < -0.3 is 9.47 Å². The van der Waals surface area contributed by atoms with Gasteiger partial charge in [-0.05, 0) is 36.4 Å². The summed E-state index contributed by atoms with van der Waals surface area (Å²) in [6, 6.07) is 10.1. The third-order valence-corrected chi connectivity index (χ3v) is 3.19. The molecule has 2 aromatic rings. The van der Waals surface area contributed by atoms with E-state index in [1.54, 1.807) is 43.5 Å². The van der Waals surface area contributed by atoms with Gasteiger partial charge in [0, 0.05) is 15.6 Å². The van der Waals surface area contributed by atoms with Crippen LogP contribution in [0.15, 0.2) is 36.4 Å². The van der Waals surface area contributed by atoms with Crippen LogP contribution in [0.1, 0.15) is 15.9 Å². The second-order valence-electron chi connectivity index (χ2n) is 4.04. The third kappa shape index (κ3) is 3.44. The predicted molar refractivity (Wildman–Crippen MR) is 79.2 cm³/mol. The molecule has 0 amide bonds. The number of halogens is 2. The molecule has 0 atom stereocenters. The van der Waals surface area contributed by atoms with Gasteiger partial charge in [0.15, 0.2) is 6.29 Å². The summed E-state index contributed by atoms with van der Waals surface area (Å²) < 4.78 is 10.9. The van der Waals surface area contributed by atoms with Crippen LogP contribution in [0.4, 0.5) is 0 Å². The minimum absolute atomic E-state index is 0.242. The van der Waals surface area contributed by atoms with Crippen molar-refractivity contribution in [1.82, 2.24) is 0 Å². The molecule has 2 rings (SSSR count). The smallest absolute Gasteiger partial charge is 0.153 e. The first kappa shape index (κ1) is 14.7. The number of rotatable bonds is 5. The zero-order valence-corrected chi connectivity index (χ0v) is 12.2. The Morgan fingerprint density at radius 2 is 1.70 bits per heavy atom. The quantitative estimate of drug-likeness (QED) is 0.768. The van der Waals surface area contributed by atoms with E-state index in [2.05, 4.69) is 0 Å². The van der Waals surface area contributed by atoms with Crippen molar-refractivity contribution in [2.24, 2.45) is 0 Å². The van der Waals surface area contributed by atoms with Crippen LogP contribution in [-0.2, 0) is 6.61 Å². The summed E-state index contributed by atoms with van der Waals surface area (Å²) in [7, 11) is 1.58. The van der Waals surface area contributed by atoms with Gasteiger partial charge in [-0.15, -0.1) is 0 Å². The van der Waals surface area contributed by atoms with Gasteiger partial charge in [0.1, 0.15) is 18.1 Å². The monoisotopic (exact) mass is 310 g/mol. The molecule has 0 bridgehead atoms. The van der Waals surface area contributed by atoms with Crippen molar-refractivity contribution in [3.8, 4) is 11.5 Å². The fraction of sp³-hybridized carbons (Fsp3) is 0.133. The van der Waals surface area contributed by atoms with Crippen LogP contribution in [0.2, 0.25) is 10.0 Å². The number of carbonyl (C=O) groups excluding carboxylic acids is 1. The largest absolute Gasteiger partial charge is 0.496 e. The Morgan fingerprint density at radius 1 is 1.05 bits per heavy atom. The lowest BCUT2D eigenvalue weighted by molar-refractivity contribution is 0.111. The van der Waals surface area contributed by atoms with Crippen molar-refractivity contribution in [1.29, 1.82) is 0 Å². The second-order valence-corrected chi connectivity index (χ2v) is 4.92. The summed E-state index contributed by atoms with van der Waals surface area (Å²) in [6.07, 6.45) is 0.705. The Labute approximate surface area is 127 Å². The Morgan fingerprint density at radius 3 is 2.35 bits per heavy atom. The molecule has 2 aromatic carbocycles. The number of aldehydes is 1. The van der Waals surface area contributed by atoms with E-state index < -0.39 is 0 Å². The molecule has 0 fully saturated rings. The van der Waals surface area contributed by atoms with Crippen LogP contribution in [0.3, 0.4) is 0 Å². The van der Waals surface area contributed by atoms with Crippen molar-refractivity contribution in [2.75, 3.05) is 7.11 Å². The van der Waals surface area contributed by atoms with Crippen LogP contribution in [-0.4, -0.2) is 13.4 Å². The molecule has 20 heavy (non-hydrogen) atoms.